The molecule has 4 aromatic rings. The summed E-state index contributed by atoms with van der Waals surface area (Å²) in [7, 11) is 1.81. The van der Waals surface area contributed by atoms with Crippen LogP contribution in [0, 0.1) is 0 Å². The van der Waals surface area contributed by atoms with Crippen molar-refractivity contribution in [3.63, 3.8) is 0 Å². The first-order valence-corrected chi connectivity index (χ1v) is 12.4. The number of carbonyl (C=O) groups excluding carboxylic acids is 2. The van der Waals surface area contributed by atoms with Crippen LogP contribution >= 0.6 is 11.6 Å². The average Bonchev–Trinajstić information content (AvgIpc) is 3.46. The fraction of sp³-hybridized carbons (Fsp3) is 0.222. The fourth-order valence-corrected chi connectivity index (χ4v) is 5.05. The average molecular weight is 514 g/mol. The number of nitrogens with zero attached hydrogens (tertiary/aromatic N) is 6. The molecule has 186 valence electrons. The Hall–Kier alpha value is -4.24. The Kier molecular flexibility index (Phi) is 5.84. The summed E-state index contributed by atoms with van der Waals surface area (Å²) >= 11 is 6.43. The van der Waals surface area contributed by atoms with Gasteiger partial charge in [0.05, 0.1) is 23.1 Å². The lowest BCUT2D eigenvalue weighted by Crippen LogP contribution is -2.42. The molecule has 0 saturated carbocycles. The van der Waals surface area contributed by atoms with Crippen LogP contribution in [0.25, 0.3) is 11.3 Å². The number of aryl methyl sites for hydroxylation is 1. The summed E-state index contributed by atoms with van der Waals surface area (Å²) < 4.78 is 1.67. The number of carbonyl (C=O) groups is 2. The van der Waals surface area contributed by atoms with Crippen molar-refractivity contribution in [2.24, 2.45) is 7.05 Å². The van der Waals surface area contributed by atoms with Crippen LogP contribution < -0.4 is 5.32 Å². The summed E-state index contributed by atoms with van der Waals surface area (Å²) in [6.07, 6.45) is 4.03. The van der Waals surface area contributed by atoms with Crippen molar-refractivity contribution >= 4 is 35.2 Å². The first-order valence-electron chi connectivity index (χ1n) is 12.0. The molecule has 0 atom stereocenters. The molecular weight excluding hydrogens is 490 g/mol. The topological polar surface area (TPSA) is 96.2 Å². The molecule has 9 nitrogen and oxygen atoms in total. The lowest BCUT2D eigenvalue weighted by atomic mass is 10.00. The van der Waals surface area contributed by atoms with Gasteiger partial charge in [0.15, 0.2) is 0 Å². The molecular formula is C27H24ClN7O2. The van der Waals surface area contributed by atoms with E-state index in [0.717, 1.165) is 17.8 Å². The van der Waals surface area contributed by atoms with Gasteiger partial charge < -0.3 is 15.1 Å². The van der Waals surface area contributed by atoms with Crippen molar-refractivity contribution in [1.82, 2.24) is 29.5 Å². The van der Waals surface area contributed by atoms with Crippen LogP contribution in [-0.4, -0.2) is 54.5 Å². The summed E-state index contributed by atoms with van der Waals surface area (Å²) in [6.45, 7) is 1.69. The van der Waals surface area contributed by atoms with Crippen LogP contribution in [0.2, 0.25) is 5.02 Å². The number of halogens is 1. The molecule has 0 unspecified atom stereocenters. The van der Waals surface area contributed by atoms with Crippen molar-refractivity contribution in [3.05, 3.63) is 88.2 Å². The highest BCUT2D eigenvalue weighted by Crippen LogP contribution is 2.32. The van der Waals surface area contributed by atoms with E-state index in [2.05, 4.69) is 32.5 Å². The Balaban J connectivity index is 1.19. The minimum Gasteiger partial charge on any atom is -0.336 e. The molecule has 0 saturated heterocycles. The number of nitrogens with one attached hydrogen (secondary N) is 1. The van der Waals surface area contributed by atoms with Gasteiger partial charge in [0.1, 0.15) is 12.4 Å². The Morgan fingerprint density at radius 3 is 2.73 bits per heavy atom. The third kappa shape index (κ3) is 4.42. The van der Waals surface area contributed by atoms with Gasteiger partial charge in [-0.2, -0.15) is 5.10 Å². The van der Waals surface area contributed by atoms with Gasteiger partial charge in [-0.1, -0.05) is 48.0 Å². The van der Waals surface area contributed by atoms with Crippen molar-refractivity contribution < 1.29 is 9.59 Å². The van der Waals surface area contributed by atoms with E-state index >= 15 is 0 Å². The number of anilines is 2. The van der Waals surface area contributed by atoms with Gasteiger partial charge in [-0.05, 0) is 29.2 Å². The number of hydrogen-bond acceptors (Lipinski definition) is 6. The Bertz CT molecular complexity index is 1530. The molecule has 0 bridgehead atoms. The van der Waals surface area contributed by atoms with Crippen molar-refractivity contribution in [3.8, 4) is 11.3 Å². The first-order chi connectivity index (χ1) is 18.0. The monoisotopic (exact) mass is 513 g/mol. The Labute approximate surface area is 218 Å². The largest absolute Gasteiger partial charge is 0.336 e. The van der Waals surface area contributed by atoms with E-state index in [9.17, 15) is 9.59 Å². The molecule has 0 radical (unpaired) electrons. The molecule has 0 aliphatic carbocycles. The maximum atomic E-state index is 13.3. The van der Waals surface area contributed by atoms with E-state index in [-0.39, 0.29) is 18.4 Å². The third-order valence-corrected chi connectivity index (χ3v) is 7.15. The molecule has 0 fully saturated rings. The zero-order valence-corrected chi connectivity index (χ0v) is 20.9. The van der Waals surface area contributed by atoms with E-state index in [1.165, 1.54) is 17.3 Å². The lowest BCUT2D eigenvalue weighted by Gasteiger charge is -2.30. The molecule has 2 aromatic carbocycles. The standard InChI is InChI=1S/C27H24ClN7O2/c1-33-23(8-10-30-33)31-27-29-13-22(28)25(32-27)18-6-7-20-15-35(26(37)21(20)12-18)16-24(36)34-11-9-17-4-2-3-5-19(17)14-34/h2-8,10,12-13H,9,11,14-16H2,1H3,(H,29,31,32). The second-order valence-electron chi connectivity index (χ2n) is 9.22. The molecule has 2 aliphatic rings. The van der Waals surface area contributed by atoms with Gasteiger partial charge in [-0.25, -0.2) is 9.97 Å². The summed E-state index contributed by atoms with van der Waals surface area (Å²) in [5, 5.41) is 7.62. The number of rotatable bonds is 5. The fourth-order valence-electron chi connectivity index (χ4n) is 4.85. The highest BCUT2D eigenvalue weighted by Gasteiger charge is 2.31. The van der Waals surface area contributed by atoms with Crippen LogP contribution in [-0.2, 0) is 31.4 Å². The molecule has 2 aromatic heterocycles. The predicted molar refractivity (Wildman–Crippen MR) is 139 cm³/mol. The minimum absolute atomic E-state index is 0.0411. The zero-order chi connectivity index (χ0) is 25.5. The summed E-state index contributed by atoms with van der Waals surface area (Å²) in [4.78, 5) is 38.6. The highest BCUT2D eigenvalue weighted by atomic mass is 35.5. The van der Waals surface area contributed by atoms with Crippen molar-refractivity contribution in [2.45, 2.75) is 19.5 Å². The Morgan fingerprint density at radius 1 is 1.08 bits per heavy atom. The summed E-state index contributed by atoms with van der Waals surface area (Å²) in [5.74, 6) is 0.890. The van der Waals surface area contributed by atoms with Crippen LogP contribution in [0.5, 0.6) is 0 Å². The van der Waals surface area contributed by atoms with E-state index < -0.39 is 0 Å². The van der Waals surface area contributed by atoms with Crippen LogP contribution in [0.15, 0.2) is 60.9 Å². The third-order valence-electron chi connectivity index (χ3n) is 6.88. The Morgan fingerprint density at radius 2 is 1.92 bits per heavy atom. The van der Waals surface area contributed by atoms with Gasteiger partial charge in [0.2, 0.25) is 11.9 Å². The number of amides is 2. The first kappa shape index (κ1) is 23.2. The minimum atomic E-state index is -0.166. The van der Waals surface area contributed by atoms with Crippen molar-refractivity contribution in [1.29, 1.82) is 0 Å². The molecule has 10 heteroatoms. The normalized spacial score (nSPS) is 14.5. The smallest absolute Gasteiger partial charge is 0.254 e. The molecule has 6 rings (SSSR count). The lowest BCUT2D eigenvalue weighted by molar-refractivity contribution is -0.132. The molecule has 37 heavy (non-hydrogen) atoms. The molecule has 2 aliphatic heterocycles. The van der Waals surface area contributed by atoms with Gasteiger partial charge in [0, 0.05) is 43.9 Å². The van der Waals surface area contributed by atoms with E-state index in [4.69, 9.17) is 11.6 Å². The van der Waals surface area contributed by atoms with E-state index in [1.54, 1.807) is 21.8 Å². The van der Waals surface area contributed by atoms with Gasteiger partial charge in [0.25, 0.3) is 5.91 Å². The maximum absolute atomic E-state index is 13.3. The number of hydrogen-bond donors (Lipinski definition) is 1. The second-order valence-corrected chi connectivity index (χ2v) is 9.63. The second kappa shape index (κ2) is 9.33. The molecule has 2 amide bonds. The number of benzene rings is 2. The number of fused-ring (bicyclic) bond motifs is 2. The summed E-state index contributed by atoms with van der Waals surface area (Å²) in [5.41, 5.74) is 5.11. The van der Waals surface area contributed by atoms with Crippen LogP contribution in [0.1, 0.15) is 27.0 Å². The van der Waals surface area contributed by atoms with Crippen LogP contribution in [0.4, 0.5) is 11.8 Å². The van der Waals surface area contributed by atoms with Gasteiger partial charge >= 0.3 is 0 Å². The van der Waals surface area contributed by atoms with Crippen molar-refractivity contribution in [2.75, 3.05) is 18.4 Å². The van der Waals surface area contributed by atoms with E-state index in [1.807, 2.05) is 42.3 Å². The zero-order valence-electron chi connectivity index (χ0n) is 20.2. The van der Waals surface area contributed by atoms with Gasteiger partial charge in [-0.15, -0.1) is 0 Å². The highest BCUT2D eigenvalue weighted by molar-refractivity contribution is 6.33. The molecule has 1 N–H and O–H groups in total. The van der Waals surface area contributed by atoms with Gasteiger partial charge in [-0.3, -0.25) is 14.3 Å². The number of aromatic nitrogens is 4. The maximum Gasteiger partial charge on any atom is 0.254 e. The SMILES string of the molecule is Cn1nccc1Nc1ncc(Cl)c(-c2ccc3c(c2)C(=O)N(CC(=O)N2CCc4ccccc4C2)C3)n1. The van der Waals surface area contributed by atoms with E-state index in [0.29, 0.717) is 47.4 Å². The molecule has 0 spiro atoms. The summed E-state index contributed by atoms with van der Waals surface area (Å²) in [6, 6.07) is 15.6. The molecule has 4 heterocycles. The quantitative estimate of drug-likeness (QED) is 0.436. The predicted octanol–water partition coefficient (Wildman–Crippen LogP) is 3.81. The van der Waals surface area contributed by atoms with Crippen LogP contribution in [0.3, 0.4) is 0 Å².